The van der Waals surface area contributed by atoms with E-state index in [4.69, 9.17) is 4.74 Å². The number of hydrogen-bond acceptors (Lipinski definition) is 3. The molecule has 2 aliphatic rings. The third-order valence-corrected chi connectivity index (χ3v) is 4.04. The van der Waals surface area contributed by atoms with E-state index in [0.717, 1.165) is 45.5 Å². The van der Waals surface area contributed by atoms with E-state index in [1.165, 1.54) is 6.42 Å². The van der Waals surface area contributed by atoms with Crippen LogP contribution in [0.15, 0.2) is 0 Å². The second kappa shape index (κ2) is 8.85. The largest absolute Gasteiger partial charge is 0.378 e. The maximum Gasteiger partial charge on any atom is 0.224 e. The summed E-state index contributed by atoms with van der Waals surface area (Å²) in [6.07, 6.45) is 5.39. The van der Waals surface area contributed by atoms with E-state index in [-0.39, 0.29) is 12.4 Å². The fraction of sp³-hybridized carbons (Fsp3) is 0.933. The number of likely N-dealkylation sites (tertiary alicyclic amines) is 1. The van der Waals surface area contributed by atoms with Crippen molar-refractivity contribution in [3.05, 3.63) is 0 Å². The lowest BCUT2D eigenvalue weighted by atomic mass is 10.1. The van der Waals surface area contributed by atoms with E-state index < -0.39 is 0 Å². The first kappa shape index (κ1) is 17.7. The number of nitrogens with one attached hydrogen (secondary N) is 1. The van der Waals surface area contributed by atoms with Gasteiger partial charge in [-0.15, -0.1) is 12.4 Å². The van der Waals surface area contributed by atoms with Crippen LogP contribution < -0.4 is 5.32 Å². The first-order valence-electron chi connectivity index (χ1n) is 7.78. The van der Waals surface area contributed by atoms with Gasteiger partial charge in [0.25, 0.3) is 0 Å². The van der Waals surface area contributed by atoms with Crippen LogP contribution in [0.3, 0.4) is 0 Å². The van der Waals surface area contributed by atoms with Crippen molar-refractivity contribution in [1.82, 2.24) is 10.2 Å². The van der Waals surface area contributed by atoms with Gasteiger partial charge in [-0.3, -0.25) is 4.79 Å². The van der Waals surface area contributed by atoms with Gasteiger partial charge in [0, 0.05) is 32.2 Å². The fourth-order valence-corrected chi connectivity index (χ4v) is 2.87. The van der Waals surface area contributed by atoms with Crippen molar-refractivity contribution >= 4 is 18.3 Å². The molecule has 1 amide bonds. The Bertz CT molecular complexity index is 286. The zero-order valence-electron chi connectivity index (χ0n) is 12.8. The number of amides is 1. The van der Waals surface area contributed by atoms with Gasteiger partial charge in [-0.05, 0) is 38.1 Å². The average Bonchev–Trinajstić information content (AvgIpc) is 2.89. The molecule has 0 aromatic heterocycles. The van der Waals surface area contributed by atoms with E-state index in [2.05, 4.69) is 19.2 Å². The topological polar surface area (TPSA) is 41.6 Å². The number of carbonyl (C=O) groups excluding carboxylic acids is 1. The molecule has 1 unspecified atom stereocenters. The molecule has 0 aromatic carbocycles. The lowest BCUT2D eigenvalue weighted by molar-refractivity contribution is -0.134. The molecule has 5 heteroatoms. The second-order valence-electron chi connectivity index (χ2n) is 6.30. The summed E-state index contributed by atoms with van der Waals surface area (Å²) in [5.41, 5.74) is 0. The van der Waals surface area contributed by atoms with E-state index in [1.807, 2.05) is 4.90 Å². The van der Waals surface area contributed by atoms with Crippen molar-refractivity contribution in [2.24, 2.45) is 5.92 Å². The Morgan fingerprint density at radius 3 is 2.55 bits per heavy atom. The van der Waals surface area contributed by atoms with Crippen molar-refractivity contribution in [1.29, 1.82) is 0 Å². The van der Waals surface area contributed by atoms with Crippen LogP contribution in [0.5, 0.6) is 0 Å². The summed E-state index contributed by atoms with van der Waals surface area (Å²) in [6, 6.07) is 0.419. The second-order valence-corrected chi connectivity index (χ2v) is 6.30. The van der Waals surface area contributed by atoms with Gasteiger partial charge in [-0.2, -0.15) is 0 Å². The summed E-state index contributed by atoms with van der Waals surface area (Å²) < 4.78 is 5.86. The molecular weight excluding hydrogens is 276 g/mol. The lowest BCUT2D eigenvalue weighted by Gasteiger charge is -2.33. The summed E-state index contributed by atoms with van der Waals surface area (Å²) in [6.45, 7) is 8.00. The maximum absolute atomic E-state index is 12.2. The predicted molar refractivity (Wildman–Crippen MR) is 83.3 cm³/mol. The highest BCUT2D eigenvalue weighted by molar-refractivity contribution is 5.85. The van der Waals surface area contributed by atoms with Gasteiger partial charge < -0.3 is 15.0 Å². The first-order valence-corrected chi connectivity index (χ1v) is 7.78. The van der Waals surface area contributed by atoms with Crippen LogP contribution in [0, 0.1) is 5.92 Å². The van der Waals surface area contributed by atoms with Crippen molar-refractivity contribution in [3.63, 3.8) is 0 Å². The Kier molecular flexibility index (Phi) is 7.85. The number of ether oxygens (including phenoxy) is 1. The van der Waals surface area contributed by atoms with E-state index in [0.29, 0.717) is 30.4 Å². The molecule has 4 nitrogen and oxygen atoms in total. The minimum Gasteiger partial charge on any atom is -0.378 e. The molecular formula is C15H29ClN2O2. The Morgan fingerprint density at radius 2 is 2.00 bits per heavy atom. The minimum absolute atomic E-state index is 0. The summed E-state index contributed by atoms with van der Waals surface area (Å²) in [4.78, 5) is 14.2. The van der Waals surface area contributed by atoms with Crippen molar-refractivity contribution in [2.45, 2.75) is 58.1 Å². The maximum atomic E-state index is 12.2. The Labute approximate surface area is 129 Å². The molecule has 2 aliphatic heterocycles. The lowest BCUT2D eigenvalue weighted by Crippen LogP contribution is -2.43. The van der Waals surface area contributed by atoms with Crippen LogP contribution in [-0.2, 0) is 9.53 Å². The number of halogens is 1. The molecule has 2 heterocycles. The number of hydrogen-bond donors (Lipinski definition) is 1. The molecule has 0 saturated carbocycles. The zero-order chi connectivity index (χ0) is 13.7. The fourth-order valence-electron chi connectivity index (χ4n) is 2.87. The molecule has 2 rings (SSSR count). The molecule has 2 saturated heterocycles. The van der Waals surface area contributed by atoms with Crippen molar-refractivity contribution < 1.29 is 9.53 Å². The number of carbonyl (C=O) groups is 1. The number of rotatable bonds is 5. The average molecular weight is 305 g/mol. The monoisotopic (exact) mass is 304 g/mol. The summed E-state index contributed by atoms with van der Waals surface area (Å²) in [5, 5.41) is 3.40. The summed E-state index contributed by atoms with van der Waals surface area (Å²) >= 11 is 0. The van der Waals surface area contributed by atoms with Gasteiger partial charge in [-0.1, -0.05) is 13.8 Å². The minimum atomic E-state index is 0. The zero-order valence-corrected chi connectivity index (χ0v) is 13.6. The molecule has 0 spiro atoms. The van der Waals surface area contributed by atoms with E-state index in [1.54, 1.807) is 0 Å². The van der Waals surface area contributed by atoms with Crippen molar-refractivity contribution in [2.75, 3.05) is 26.2 Å². The molecule has 0 radical (unpaired) electrons. The van der Waals surface area contributed by atoms with Crippen molar-refractivity contribution in [3.8, 4) is 0 Å². The van der Waals surface area contributed by atoms with E-state index in [9.17, 15) is 4.79 Å². The van der Waals surface area contributed by atoms with Crippen LogP contribution >= 0.6 is 12.4 Å². The third kappa shape index (κ3) is 5.58. The third-order valence-electron chi connectivity index (χ3n) is 4.04. The highest BCUT2D eigenvalue weighted by Crippen LogP contribution is 2.17. The summed E-state index contributed by atoms with van der Waals surface area (Å²) in [7, 11) is 0. The molecule has 0 bridgehead atoms. The molecule has 1 N–H and O–H groups in total. The quantitative estimate of drug-likeness (QED) is 0.847. The van der Waals surface area contributed by atoms with Crippen LogP contribution in [0.2, 0.25) is 0 Å². The van der Waals surface area contributed by atoms with Gasteiger partial charge >= 0.3 is 0 Å². The smallest absolute Gasteiger partial charge is 0.224 e. The van der Waals surface area contributed by atoms with Gasteiger partial charge in [0.05, 0.1) is 6.10 Å². The Morgan fingerprint density at radius 1 is 1.30 bits per heavy atom. The number of nitrogens with zero attached hydrogens (tertiary/aromatic N) is 1. The number of piperidine rings is 1. The normalized spacial score (nSPS) is 23.9. The van der Waals surface area contributed by atoms with E-state index >= 15 is 0 Å². The molecule has 118 valence electrons. The van der Waals surface area contributed by atoms with Gasteiger partial charge in [-0.25, -0.2) is 0 Å². The SMILES string of the molecule is CC(C)COC1CCN(C(=O)CC2CCCN2)CC1.Cl. The van der Waals surface area contributed by atoms with Crippen LogP contribution in [0.4, 0.5) is 0 Å². The molecule has 0 aromatic rings. The standard InChI is InChI=1S/C15H28N2O2.ClH/c1-12(2)11-19-14-5-8-17(9-6-14)15(18)10-13-4-3-7-16-13;/h12-14,16H,3-11H2,1-2H3;1H. The summed E-state index contributed by atoms with van der Waals surface area (Å²) in [5.74, 6) is 0.912. The Hall–Kier alpha value is -0.320. The molecule has 20 heavy (non-hydrogen) atoms. The van der Waals surface area contributed by atoms with Gasteiger partial charge in [0.2, 0.25) is 5.91 Å². The highest BCUT2D eigenvalue weighted by Gasteiger charge is 2.26. The first-order chi connectivity index (χ1) is 9.15. The van der Waals surface area contributed by atoms with Crippen LogP contribution in [-0.4, -0.2) is 49.2 Å². The van der Waals surface area contributed by atoms with Gasteiger partial charge in [0.1, 0.15) is 0 Å². The predicted octanol–water partition coefficient (Wildman–Crippen LogP) is 2.21. The van der Waals surface area contributed by atoms with Crippen LogP contribution in [0.25, 0.3) is 0 Å². The Balaban J connectivity index is 0.00000200. The van der Waals surface area contributed by atoms with Crippen LogP contribution in [0.1, 0.15) is 46.0 Å². The van der Waals surface area contributed by atoms with Gasteiger partial charge in [0.15, 0.2) is 0 Å². The highest BCUT2D eigenvalue weighted by atomic mass is 35.5. The molecule has 1 atom stereocenters. The molecule has 2 fully saturated rings. The molecule has 0 aliphatic carbocycles.